The van der Waals surface area contributed by atoms with Gasteiger partial charge in [0.25, 0.3) is 0 Å². The highest BCUT2D eigenvalue weighted by Gasteiger charge is 2.41. The number of nitrogens with zero attached hydrogens (tertiary/aromatic N) is 2. The van der Waals surface area contributed by atoms with Gasteiger partial charge in [-0.3, -0.25) is 0 Å². The van der Waals surface area contributed by atoms with Crippen LogP contribution in [0.1, 0.15) is 31.4 Å². The van der Waals surface area contributed by atoms with Gasteiger partial charge in [-0.2, -0.15) is 4.31 Å². The molecule has 0 spiro atoms. The number of fused-ring (bicyclic) bond motifs is 3. The molecule has 132 valence electrons. The van der Waals surface area contributed by atoms with E-state index in [9.17, 15) is 8.42 Å². The smallest absolute Gasteiger partial charge is 0.245 e. The summed E-state index contributed by atoms with van der Waals surface area (Å²) in [6.07, 6.45) is 2.13. The maximum atomic E-state index is 13.5. The number of sulfonamides is 1. The summed E-state index contributed by atoms with van der Waals surface area (Å²) in [5.74, 6) is 0. The Morgan fingerprint density at radius 2 is 1.92 bits per heavy atom. The molecular weight excluding hydrogens is 400 g/mol. The van der Waals surface area contributed by atoms with Gasteiger partial charge in [-0.1, -0.05) is 46.3 Å². The van der Waals surface area contributed by atoms with Gasteiger partial charge in [0, 0.05) is 29.6 Å². The normalized spacial score (nSPS) is 23.6. The van der Waals surface area contributed by atoms with Crippen LogP contribution in [-0.4, -0.2) is 31.9 Å². The number of rotatable bonds is 2. The highest BCUT2D eigenvalue weighted by Crippen LogP contribution is 2.41. The van der Waals surface area contributed by atoms with Crippen molar-refractivity contribution in [2.45, 2.75) is 36.7 Å². The summed E-state index contributed by atoms with van der Waals surface area (Å²) < 4.78 is 29.5. The van der Waals surface area contributed by atoms with Crippen LogP contribution in [-0.2, 0) is 10.0 Å². The Labute approximate surface area is 157 Å². The van der Waals surface area contributed by atoms with Gasteiger partial charge in [0.2, 0.25) is 10.0 Å². The number of benzene rings is 2. The van der Waals surface area contributed by atoms with Gasteiger partial charge in [-0.15, -0.1) is 0 Å². The molecule has 0 N–H and O–H groups in total. The Bertz CT molecular complexity index is 886. The number of hydrogen-bond acceptors (Lipinski definition) is 3. The number of halogens is 1. The van der Waals surface area contributed by atoms with E-state index in [1.807, 2.05) is 49.4 Å². The first-order valence-corrected chi connectivity index (χ1v) is 10.8. The molecule has 0 unspecified atom stereocenters. The minimum absolute atomic E-state index is 0.191. The molecule has 2 aliphatic heterocycles. The van der Waals surface area contributed by atoms with Crippen LogP contribution in [0.25, 0.3) is 0 Å². The third kappa shape index (κ3) is 2.90. The van der Waals surface area contributed by atoms with Crippen LogP contribution in [0.3, 0.4) is 0 Å². The molecular formula is C19H21BrN2O2S. The third-order valence-corrected chi connectivity index (χ3v) is 7.78. The van der Waals surface area contributed by atoms with Crippen molar-refractivity contribution in [1.29, 1.82) is 0 Å². The topological polar surface area (TPSA) is 40.6 Å². The Morgan fingerprint density at radius 1 is 1.16 bits per heavy atom. The van der Waals surface area contributed by atoms with E-state index in [-0.39, 0.29) is 12.1 Å². The van der Waals surface area contributed by atoms with E-state index in [1.165, 1.54) is 0 Å². The zero-order chi connectivity index (χ0) is 17.6. The Hall–Kier alpha value is -1.37. The van der Waals surface area contributed by atoms with Crippen LogP contribution in [0.4, 0.5) is 5.69 Å². The average molecular weight is 421 g/mol. The first-order chi connectivity index (χ1) is 12.0. The highest BCUT2D eigenvalue weighted by atomic mass is 79.9. The van der Waals surface area contributed by atoms with Crippen LogP contribution >= 0.6 is 15.9 Å². The fraction of sp³-hybridized carbons (Fsp3) is 0.368. The zero-order valence-corrected chi connectivity index (χ0v) is 16.5. The lowest BCUT2D eigenvalue weighted by Crippen LogP contribution is -2.40. The zero-order valence-electron chi connectivity index (χ0n) is 14.1. The first kappa shape index (κ1) is 17.1. The second-order valence-electron chi connectivity index (χ2n) is 6.76. The molecule has 0 amide bonds. The van der Waals surface area contributed by atoms with Crippen molar-refractivity contribution >= 4 is 31.6 Å². The molecule has 2 aliphatic rings. The van der Waals surface area contributed by atoms with E-state index < -0.39 is 10.0 Å². The minimum atomic E-state index is -3.55. The molecule has 1 saturated heterocycles. The molecule has 0 radical (unpaired) electrons. The van der Waals surface area contributed by atoms with Crippen LogP contribution < -0.4 is 4.90 Å². The fourth-order valence-corrected chi connectivity index (χ4v) is 6.16. The number of hydrogen-bond donors (Lipinski definition) is 0. The Kier molecular flexibility index (Phi) is 4.38. The van der Waals surface area contributed by atoms with Gasteiger partial charge in [0.1, 0.15) is 4.90 Å². The summed E-state index contributed by atoms with van der Waals surface area (Å²) in [7, 11) is -3.55. The lowest BCUT2D eigenvalue weighted by molar-refractivity contribution is 0.326. The summed E-state index contributed by atoms with van der Waals surface area (Å²) in [6, 6.07) is 15.4. The molecule has 4 nitrogen and oxygen atoms in total. The first-order valence-electron chi connectivity index (χ1n) is 8.61. The van der Waals surface area contributed by atoms with Gasteiger partial charge in [0.15, 0.2) is 0 Å². The van der Waals surface area contributed by atoms with Crippen molar-refractivity contribution in [2.24, 2.45) is 0 Å². The summed E-state index contributed by atoms with van der Waals surface area (Å²) in [6.45, 7) is 3.43. The SMILES string of the molecule is C[C@@H](c1ccccc1)N1C[C@H]2CCCN2c2cc(Br)ccc2S1(=O)=O. The Balaban J connectivity index is 1.85. The molecule has 2 aromatic rings. The van der Waals surface area contributed by atoms with E-state index in [1.54, 1.807) is 10.4 Å². The van der Waals surface area contributed by atoms with E-state index in [2.05, 4.69) is 20.8 Å². The van der Waals surface area contributed by atoms with Crippen LogP contribution in [0, 0.1) is 0 Å². The number of anilines is 1. The second-order valence-corrected chi connectivity index (χ2v) is 9.54. The van der Waals surface area contributed by atoms with E-state index in [4.69, 9.17) is 0 Å². The van der Waals surface area contributed by atoms with Gasteiger partial charge in [0.05, 0.1) is 5.69 Å². The van der Waals surface area contributed by atoms with Crippen molar-refractivity contribution in [2.75, 3.05) is 18.0 Å². The second kappa shape index (κ2) is 6.41. The minimum Gasteiger partial charge on any atom is -0.366 e. The third-order valence-electron chi connectivity index (χ3n) is 5.30. The van der Waals surface area contributed by atoms with Crippen molar-refractivity contribution in [3.8, 4) is 0 Å². The molecule has 0 aromatic heterocycles. The molecule has 1 fully saturated rings. The molecule has 2 aromatic carbocycles. The molecule has 4 rings (SSSR count). The lowest BCUT2D eigenvalue weighted by Gasteiger charge is -2.30. The summed E-state index contributed by atoms with van der Waals surface area (Å²) in [5.41, 5.74) is 1.86. The molecule has 0 bridgehead atoms. The summed E-state index contributed by atoms with van der Waals surface area (Å²) in [5, 5.41) is 0. The van der Waals surface area contributed by atoms with E-state index >= 15 is 0 Å². The van der Waals surface area contributed by atoms with E-state index in [0.717, 1.165) is 35.1 Å². The summed E-state index contributed by atoms with van der Waals surface area (Å²) in [4.78, 5) is 2.69. The van der Waals surface area contributed by atoms with Crippen LogP contribution in [0.2, 0.25) is 0 Å². The quantitative estimate of drug-likeness (QED) is 0.731. The fourth-order valence-electron chi connectivity index (χ4n) is 3.97. The predicted molar refractivity (Wildman–Crippen MR) is 103 cm³/mol. The van der Waals surface area contributed by atoms with Gasteiger partial charge < -0.3 is 4.90 Å². The predicted octanol–water partition coefficient (Wildman–Crippen LogP) is 4.18. The van der Waals surface area contributed by atoms with Gasteiger partial charge in [-0.05, 0) is 43.5 Å². The molecule has 25 heavy (non-hydrogen) atoms. The molecule has 2 heterocycles. The van der Waals surface area contributed by atoms with Crippen molar-refractivity contribution in [3.63, 3.8) is 0 Å². The van der Waals surface area contributed by atoms with Crippen LogP contribution in [0.15, 0.2) is 57.9 Å². The molecule has 2 atom stereocenters. The highest BCUT2D eigenvalue weighted by molar-refractivity contribution is 9.10. The lowest BCUT2D eigenvalue weighted by atomic mass is 10.1. The Morgan fingerprint density at radius 3 is 2.68 bits per heavy atom. The van der Waals surface area contributed by atoms with E-state index in [0.29, 0.717) is 11.4 Å². The molecule has 6 heteroatoms. The maximum Gasteiger partial charge on any atom is 0.245 e. The summed E-state index contributed by atoms with van der Waals surface area (Å²) >= 11 is 3.50. The van der Waals surface area contributed by atoms with Crippen LogP contribution in [0.5, 0.6) is 0 Å². The standard InChI is InChI=1S/C19H21BrN2O2S/c1-14(15-6-3-2-4-7-15)22-13-17-8-5-11-21(17)18-12-16(20)9-10-19(18)25(22,23)24/h2-4,6-7,9-10,12,14,17H,5,8,11,13H2,1H3/t14-,17+/m0/s1. The largest absolute Gasteiger partial charge is 0.366 e. The molecule has 0 aliphatic carbocycles. The van der Waals surface area contributed by atoms with Gasteiger partial charge in [-0.25, -0.2) is 8.42 Å². The van der Waals surface area contributed by atoms with Crippen molar-refractivity contribution < 1.29 is 8.42 Å². The van der Waals surface area contributed by atoms with Crippen molar-refractivity contribution in [3.05, 3.63) is 58.6 Å². The van der Waals surface area contributed by atoms with Gasteiger partial charge >= 0.3 is 0 Å². The monoisotopic (exact) mass is 420 g/mol. The average Bonchev–Trinajstić information content (AvgIpc) is 3.04. The molecule has 0 saturated carbocycles. The van der Waals surface area contributed by atoms with Crippen molar-refractivity contribution in [1.82, 2.24) is 4.31 Å². The maximum absolute atomic E-state index is 13.5.